The third-order valence-electron chi connectivity index (χ3n) is 3.57. The SMILES string of the molecule is CNc1c2c(nc3c(Br)ccc(F)c13)CCCC2. The summed E-state index contributed by atoms with van der Waals surface area (Å²) in [5.41, 5.74) is 3.94. The highest BCUT2D eigenvalue weighted by Gasteiger charge is 2.20. The van der Waals surface area contributed by atoms with E-state index >= 15 is 0 Å². The minimum Gasteiger partial charge on any atom is -0.387 e. The number of hydrogen-bond acceptors (Lipinski definition) is 2. The molecule has 0 amide bonds. The zero-order valence-electron chi connectivity index (χ0n) is 10.2. The number of aromatic nitrogens is 1. The molecule has 1 heterocycles. The fraction of sp³-hybridized carbons (Fsp3) is 0.357. The lowest BCUT2D eigenvalue weighted by molar-refractivity contribution is 0.637. The zero-order valence-corrected chi connectivity index (χ0v) is 11.8. The summed E-state index contributed by atoms with van der Waals surface area (Å²) in [5, 5.41) is 3.77. The van der Waals surface area contributed by atoms with Crippen molar-refractivity contribution in [3.63, 3.8) is 0 Å². The van der Waals surface area contributed by atoms with Gasteiger partial charge in [-0.15, -0.1) is 0 Å². The molecule has 0 radical (unpaired) electrons. The highest BCUT2D eigenvalue weighted by atomic mass is 79.9. The van der Waals surface area contributed by atoms with Crippen LogP contribution in [0, 0.1) is 5.82 Å². The lowest BCUT2D eigenvalue weighted by Gasteiger charge is -2.21. The number of pyridine rings is 1. The number of fused-ring (bicyclic) bond motifs is 2. The van der Waals surface area contributed by atoms with Gasteiger partial charge in [-0.25, -0.2) is 4.39 Å². The van der Waals surface area contributed by atoms with Gasteiger partial charge in [0.25, 0.3) is 0 Å². The van der Waals surface area contributed by atoms with E-state index in [4.69, 9.17) is 0 Å². The van der Waals surface area contributed by atoms with Crippen molar-refractivity contribution in [3.8, 4) is 0 Å². The Kier molecular flexibility index (Phi) is 2.98. The smallest absolute Gasteiger partial charge is 0.134 e. The van der Waals surface area contributed by atoms with Crippen molar-refractivity contribution in [2.75, 3.05) is 12.4 Å². The van der Waals surface area contributed by atoms with E-state index in [1.165, 1.54) is 18.1 Å². The molecule has 1 aromatic heterocycles. The Labute approximate surface area is 114 Å². The molecule has 2 aromatic rings. The second-order valence-corrected chi connectivity index (χ2v) is 5.48. The van der Waals surface area contributed by atoms with Crippen LogP contribution in [0.1, 0.15) is 24.1 Å². The molecule has 3 rings (SSSR count). The van der Waals surface area contributed by atoms with E-state index in [1.54, 1.807) is 6.07 Å². The largest absolute Gasteiger partial charge is 0.387 e. The average Bonchev–Trinajstić information content (AvgIpc) is 2.41. The van der Waals surface area contributed by atoms with Crippen molar-refractivity contribution < 1.29 is 4.39 Å². The molecule has 2 nitrogen and oxygen atoms in total. The minimum atomic E-state index is -0.210. The van der Waals surface area contributed by atoms with Crippen molar-refractivity contribution >= 4 is 32.5 Å². The van der Waals surface area contributed by atoms with E-state index in [1.807, 2.05) is 7.05 Å². The Morgan fingerprint density at radius 3 is 2.83 bits per heavy atom. The van der Waals surface area contributed by atoms with Crippen LogP contribution in [0.25, 0.3) is 10.9 Å². The summed E-state index contributed by atoms with van der Waals surface area (Å²) >= 11 is 3.47. The number of benzene rings is 1. The Morgan fingerprint density at radius 1 is 1.28 bits per heavy atom. The molecule has 0 unspecified atom stereocenters. The summed E-state index contributed by atoms with van der Waals surface area (Å²) in [6.07, 6.45) is 4.30. The van der Waals surface area contributed by atoms with Crippen LogP contribution in [0.5, 0.6) is 0 Å². The number of nitrogens with zero attached hydrogens (tertiary/aromatic N) is 1. The van der Waals surface area contributed by atoms with E-state index < -0.39 is 0 Å². The van der Waals surface area contributed by atoms with Crippen LogP contribution in [0.4, 0.5) is 10.1 Å². The van der Waals surface area contributed by atoms with E-state index in [2.05, 4.69) is 26.2 Å². The minimum absolute atomic E-state index is 0.210. The van der Waals surface area contributed by atoms with Crippen LogP contribution in [-0.4, -0.2) is 12.0 Å². The van der Waals surface area contributed by atoms with Crippen LogP contribution >= 0.6 is 15.9 Å². The summed E-state index contributed by atoms with van der Waals surface area (Å²) in [4.78, 5) is 4.66. The molecule has 1 aromatic carbocycles. The molecule has 18 heavy (non-hydrogen) atoms. The van der Waals surface area contributed by atoms with Gasteiger partial charge in [-0.3, -0.25) is 4.98 Å². The summed E-state index contributed by atoms with van der Waals surface area (Å²) in [6, 6.07) is 3.21. The standard InChI is InChI=1S/C14H14BrFN2/c1-17-13-8-4-2-3-5-11(8)18-14-9(15)6-7-10(16)12(13)14/h6-7H,2-5H2,1H3,(H,17,18). The van der Waals surface area contributed by atoms with E-state index in [0.29, 0.717) is 5.39 Å². The second kappa shape index (κ2) is 4.50. The Balaban J connectivity index is 2.44. The maximum Gasteiger partial charge on any atom is 0.134 e. The molecule has 0 atom stereocenters. The molecule has 1 aliphatic carbocycles. The highest BCUT2D eigenvalue weighted by Crippen LogP contribution is 2.36. The van der Waals surface area contributed by atoms with E-state index in [-0.39, 0.29) is 5.82 Å². The quantitative estimate of drug-likeness (QED) is 0.859. The molecule has 0 aliphatic heterocycles. The third kappa shape index (κ3) is 1.70. The first kappa shape index (κ1) is 11.9. The lowest BCUT2D eigenvalue weighted by Crippen LogP contribution is -2.10. The van der Waals surface area contributed by atoms with Crippen LogP contribution in [0.3, 0.4) is 0 Å². The molecule has 0 spiro atoms. The van der Waals surface area contributed by atoms with E-state index in [9.17, 15) is 4.39 Å². The lowest BCUT2D eigenvalue weighted by atomic mass is 9.92. The molecular weight excluding hydrogens is 295 g/mol. The number of aryl methyl sites for hydroxylation is 1. The predicted molar refractivity (Wildman–Crippen MR) is 75.6 cm³/mol. The monoisotopic (exact) mass is 308 g/mol. The van der Waals surface area contributed by atoms with Gasteiger partial charge in [-0.1, -0.05) is 0 Å². The second-order valence-electron chi connectivity index (χ2n) is 4.62. The van der Waals surface area contributed by atoms with Gasteiger partial charge in [0.15, 0.2) is 0 Å². The number of anilines is 1. The molecule has 0 bridgehead atoms. The number of halogens is 2. The summed E-state index contributed by atoms with van der Waals surface area (Å²) < 4.78 is 14.9. The zero-order chi connectivity index (χ0) is 12.7. The fourth-order valence-electron chi connectivity index (χ4n) is 2.73. The van der Waals surface area contributed by atoms with Gasteiger partial charge in [0, 0.05) is 17.2 Å². The maximum absolute atomic E-state index is 14.1. The molecule has 94 valence electrons. The first-order chi connectivity index (χ1) is 8.72. The van der Waals surface area contributed by atoms with E-state index in [0.717, 1.165) is 40.6 Å². The average molecular weight is 309 g/mol. The van der Waals surface area contributed by atoms with Gasteiger partial charge in [0.2, 0.25) is 0 Å². The first-order valence-corrected chi connectivity index (χ1v) is 6.99. The van der Waals surface area contributed by atoms with Crippen molar-refractivity contribution in [3.05, 3.63) is 33.7 Å². The summed E-state index contributed by atoms with van der Waals surface area (Å²) in [7, 11) is 1.85. The Hall–Kier alpha value is -1.16. The van der Waals surface area contributed by atoms with Gasteiger partial charge >= 0.3 is 0 Å². The molecule has 4 heteroatoms. The van der Waals surface area contributed by atoms with Crippen LogP contribution in [0.2, 0.25) is 0 Å². The fourth-order valence-corrected chi connectivity index (χ4v) is 3.15. The van der Waals surface area contributed by atoms with Crippen molar-refractivity contribution in [1.29, 1.82) is 0 Å². The molecule has 0 fully saturated rings. The van der Waals surface area contributed by atoms with Crippen molar-refractivity contribution in [2.24, 2.45) is 0 Å². The normalized spacial score (nSPS) is 14.6. The van der Waals surface area contributed by atoms with Crippen molar-refractivity contribution in [2.45, 2.75) is 25.7 Å². The van der Waals surface area contributed by atoms with Gasteiger partial charge in [-0.2, -0.15) is 0 Å². The number of hydrogen-bond donors (Lipinski definition) is 1. The summed E-state index contributed by atoms with van der Waals surface area (Å²) in [6.45, 7) is 0. The van der Waals surface area contributed by atoms with Crippen LogP contribution in [-0.2, 0) is 12.8 Å². The van der Waals surface area contributed by atoms with Crippen molar-refractivity contribution in [1.82, 2.24) is 4.98 Å². The summed E-state index contributed by atoms with van der Waals surface area (Å²) in [5.74, 6) is -0.210. The molecule has 0 saturated heterocycles. The molecule has 0 saturated carbocycles. The van der Waals surface area contributed by atoms with Gasteiger partial charge < -0.3 is 5.32 Å². The molecule has 1 N–H and O–H groups in total. The Morgan fingerprint density at radius 2 is 2.06 bits per heavy atom. The topological polar surface area (TPSA) is 24.9 Å². The third-order valence-corrected chi connectivity index (χ3v) is 4.20. The number of nitrogens with one attached hydrogen (secondary N) is 1. The maximum atomic E-state index is 14.1. The van der Waals surface area contributed by atoms with Gasteiger partial charge in [-0.05, 0) is 59.3 Å². The number of rotatable bonds is 1. The predicted octanol–water partition coefficient (Wildman–Crippen LogP) is 4.06. The first-order valence-electron chi connectivity index (χ1n) is 6.19. The van der Waals surface area contributed by atoms with Gasteiger partial charge in [0.05, 0.1) is 16.6 Å². The van der Waals surface area contributed by atoms with Crippen LogP contribution < -0.4 is 5.32 Å². The van der Waals surface area contributed by atoms with Gasteiger partial charge in [0.1, 0.15) is 5.82 Å². The van der Waals surface area contributed by atoms with Crippen LogP contribution in [0.15, 0.2) is 16.6 Å². The Bertz CT molecular complexity index is 625. The highest BCUT2D eigenvalue weighted by molar-refractivity contribution is 9.10. The molecule has 1 aliphatic rings. The molecular formula is C14H14BrFN2.